The lowest BCUT2D eigenvalue weighted by Gasteiger charge is -2.32. The molecule has 5 nitrogen and oxygen atoms in total. The van der Waals surface area contributed by atoms with Gasteiger partial charge in [-0.05, 0) is 79.1 Å². The molecule has 0 unspecified atom stereocenters. The van der Waals surface area contributed by atoms with E-state index < -0.39 is 15.7 Å². The van der Waals surface area contributed by atoms with Gasteiger partial charge in [0, 0.05) is 43.2 Å². The number of hydrogen-bond donors (Lipinski definition) is 0. The molecule has 0 N–H and O–H groups in total. The number of likely N-dealkylation sites (tertiary alicyclic amines) is 1. The summed E-state index contributed by atoms with van der Waals surface area (Å²) in [5.74, 6) is 0.344. The van der Waals surface area contributed by atoms with E-state index >= 15 is 0 Å². The van der Waals surface area contributed by atoms with Crippen molar-refractivity contribution < 1.29 is 17.6 Å². The molecule has 0 atom stereocenters. The molecule has 2 fully saturated rings. The van der Waals surface area contributed by atoms with E-state index in [1.165, 1.54) is 29.8 Å². The Labute approximate surface area is 187 Å². The fraction of sp³-hybridized carbons (Fsp3) is 0.400. The van der Waals surface area contributed by atoms with Crippen molar-refractivity contribution in [2.75, 3.05) is 13.1 Å². The standard InChI is InChI=1S/C25H27FN2O3S/c1-27-15-23(18-10-12-28(13-11-18)25(29)19-3-4-19)22-14-17(2-9-24(22)27)16-32(30,31)21-7-5-20(26)6-8-21/h2,5-9,14-15,18-19H,3-4,10-13,16H2,1H3. The van der Waals surface area contributed by atoms with Gasteiger partial charge < -0.3 is 9.47 Å². The molecule has 0 radical (unpaired) electrons. The quantitative estimate of drug-likeness (QED) is 0.537. The number of benzene rings is 2. The molecule has 2 aromatic carbocycles. The van der Waals surface area contributed by atoms with Gasteiger partial charge in [-0.2, -0.15) is 0 Å². The van der Waals surface area contributed by atoms with Gasteiger partial charge in [0.1, 0.15) is 5.82 Å². The molecule has 1 amide bonds. The van der Waals surface area contributed by atoms with Crippen molar-refractivity contribution in [3.05, 3.63) is 65.6 Å². The SMILES string of the molecule is Cn1cc(C2CCN(C(=O)C3CC3)CC2)c2cc(CS(=O)(=O)c3ccc(F)cc3)ccc21. The molecule has 1 saturated heterocycles. The smallest absolute Gasteiger partial charge is 0.225 e. The van der Waals surface area contributed by atoms with Gasteiger partial charge in [0.15, 0.2) is 9.84 Å². The maximum atomic E-state index is 13.2. The highest BCUT2D eigenvalue weighted by atomic mass is 32.2. The van der Waals surface area contributed by atoms with Crippen molar-refractivity contribution >= 4 is 26.6 Å². The number of amides is 1. The third kappa shape index (κ3) is 4.06. The van der Waals surface area contributed by atoms with Crippen molar-refractivity contribution in [1.82, 2.24) is 9.47 Å². The van der Waals surface area contributed by atoms with Crippen LogP contribution < -0.4 is 0 Å². The number of aryl methyl sites for hydroxylation is 1. The summed E-state index contributed by atoms with van der Waals surface area (Å²) in [4.78, 5) is 14.5. The Morgan fingerprint density at radius 2 is 1.72 bits per heavy atom. The molecule has 1 aromatic heterocycles. The number of carbonyl (C=O) groups is 1. The fourth-order valence-corrected chi connectivity index (χ4v) is 6.16. The first-order valence-electron chi connectivity index (χ1n) is 11.2. The highest BCUT2D eigenvalue weighted by Gasteiger charge is 2.35. The van der Waals surface area contributed by atoms with Crippen molar-refractivity contribution in [2.45, 2.75) is 42.2 Å². The second kappa shape index (κ2) is 8.03. The Bertz CT molecular complexity index is 1270. The van der Waals surface area contributed by atoms with Crippen LogP contribution in [-0.4, -0.2) is 36.9 Å². The van der Waals surface area contributed by atoms with Crippen LogP contribution in [0.15, 0.2) is 53.6 Å². The van der Waals surface area contributed by atoms with Crippen LogP contribution in [0.5, 0.6) is 0 Å². The molecule has 168 valence electrons. The third-order valence-electron chi connectivity index (χ3n) is 6.79. The van der Waals surface area contributed by atoms with Gasteiger partial charge in [0.05, 0.1) is 10.6 Å². The summed E-state index contributed by atoms with van der Waals surface area (Å²) in [6.07, 6.45) is 6.06. The topological polar surface area (TPSA) is 59.4 Å². The van der Waals surface area contributed by atoms with E-state index in [9.17, 15) is 17.6 Å². The van der Waals surface area contributed by atoms with Crippen molar-refractivity contribution in [1.29, 1.82) is 0 Å². The molecule has 0 spiro atoms. The number of sulfone groups is 1. The van der Waals surface area contributed by atoms with Crippen LogP contribution in [0.3, 0.4) is 0 Å². The van der Waals surface area contributed by atoms with Crippen molar-refractivity contribution in [2.24, 2.45) is 13.0 Å². The zero-order valence-corrected chi connectivity index (χ0v) is 18.9. The molecule has 0 bridgehead atoms. The number of aromatic nitrogens is 1. The summed E-state index contributed by atoms with van der Waals surface area (Å²) in [5, 5.41) is 1.08. The van der Waals surface area contributed by atoms with Gasteiger partial charge in [-0.3, -0.25) is 4.79 Å². The predicted octanol–water partition coefficient (Wildman–Crippen LogP) is 4.41. The lowest BCUT2D eigenvalue weighted by atomic mass is 9.89. The predicted molar refractivity (Wildman–Crippen MR) is 121 cm³/mol. The number of rotatable bonds is 5. The Morgan fingerprint density at radius 3 is 2.38 bits per heavy atom. The van der Waals surface area contributed by atoms with Gasteiger partial charge in [0.25, 0.3) is 0 Å². The summed E-state index contributed by atoms with van der Waals surface area (Å²) in [6, 6.07) is 10.8. The van der Waals surface area contributed by atoms with Crippen LogP contribution in [0.4, 0.5) is 4.39 Å². The van der Waals surface area contributed by atoms with Crippen LogP contribution >= 0.6 is 0 Å². The van der Waals surface area contributed by atoms with E-state index in [0.29, 0.717) is 11.8 Å². The molecule has 2 heterocycles. The summed E-state index contributed by atoms with van der Waals surface area (Å²) < 4.78 is 41.0. The number of nitrogens with zero attached hydrogens (tertiary/aromatic N) is 2. The average molecular weight is 455 g/mol. The largest absolute Gasteiger partial charge is 0.350 e. The van der Waals surface area contributed by atoms with Gasteiger partial charge in [-0.1, -0.05) is 6.07 Å². The van der Waals surface area contributed by atoms with Gasteiger partial charge in [-0.15, -0.1) is 0 Å². The lowest BCUT2D eigenvalue weighted by Crippen LogP contribution is -2.38. The highest BCUT2D eigenvalue weighted by Crippen LogP contribution is 2.37. The second-order valence-electron chi connectivity index (χ2n) is 9.13. The van der Waals surface area contributed by atoms with E-state index in [1.807, 2.05) is 30.1 Å². The van der Waals surface area contributed by atoms with E-state index in [1.54, 1.807) is 0 Å². The number of piperidine rings is 1. The Balaban J connectivity index is 1.39. The zero-order chi connectivity index (χ0) is 22.5. The molecule has 3 aromatic rings. The number of fused-ring (bicyclic) bond motifs is 1. The molecule has 32 heavy (non-hydrogen) atoms. The summed E-state index contributed by atoms with van der Waals surface area (Å²) in [5.41, 5.74) is 3.01. The van der Waals surface area contributed by atoms with E-state index in [4.69, 9.17) is 0 Å². The molecule has 2 aliphatic rings. The zero-order valence-electron chi connectivity index (χ0n) is 18.1. The fourth-order valence-electron chi connectivity index (χ4n) is 4.83. The lowest BCUT2D eigenvalue weighted by molar-refractivity contribution is -0.133. The average Bonchev–Trinajstić information content (AvgIpc) is 3.58. The minimum Gasteiger partial charge on any atom is -0.350 e. The number of halogens is 1. The monoisotopic (exact) mass is 454 g/mol. The minimum absolute atomic E-state index is 0.125. The molecule has 1 aliphatic heterocycles. The first-order valence-corrected chi connectivity index (χ1v) is 12.8. The Morgan fingerprint density at radius 1 is 1.03 bits per heavy atom. The van der Waals surface area contributed by atoms with Crippen molar-refractivity contribution in [3.63, 3.8) is 0 Å². The van der Waals surface area contributed by atoms with Gasteiger partial charge in [-0.25, -0.2) is 12.8 Å². The molecule has 1 aliphatic carbocycles. The van der Waals surface area contributed by atoms with Gasteiger partial charge in [0.2, 0.25) is 5.91 Å². The van der Waals surface area contributed by atoms with E-state index in [-0.39, 0.29) is 16.6 Å². The van der Waals surface area contributed by atoms with Crippen LogP contribution in [0.25, 0.3) is 10.9 Å². The first-order chi connectivity index (χ1) is 15.3. The summed E-state index contributed by atoms with van der Waals surface area (Å²) in [6.45, 7) is 1.57. The van der Waals surface area contributed by atoms with E-state index in [2.05, 4.69) is 10.8 Å². The second-order valence-corrected chi connectivity index (χ2v) is 11.1. The van der Waals surface area contributed by atoms with Crippen molar-refractivity contribution in [3.8, 4) is 0 Å². The van der Waals surface area contributed by atoms with Crippen LogP contribution in [-0.2, 0) is 27.4 Å². The summed E-state index contributed by atoms with van der Waals surface area (Å²) >= 11 is 0. The molecular weight excluding hydrogens is 427 g/mol. The van der Waals surface area contributed by atoms with E-state index in [0.717, 1.165) is 55.2 Å². The molecule has 5 rings (SSSR count). The summed E-state index contributed by atoms with van der Waals surface area (Å²) in [7, 11) is -1.56. The number of hydrogen-bond acceptors (Lipinski definition) is 3. The van der Waals surface area contributed by atoms with Gasteiger partial charge >= 0.3 is 0 Å². The molecule has 7 heteroatoms. The maximum absolute atomic E-state index is 13.2. The Kier molecular flexibility index (Phi) is 5.32. The highest BCUT2D eigenvalue weighted by molar-refractivity contribution is 7.90. The maximum Gasteiger partial charge on any atom is 0.225 e. The van der Waals surface area contributed by atoms with Crippen LogP contribution in [0.1, 0.15) is 42.7 Å². The normalized spacial score (nSPS) is 17.8. The van der Waals surface area contributed by atoms with Crippen LogP contribution in [0, 0.1) is 11.7 Å². The minimum atomic E-state index is -3.57. The first kappa shape index (κ1) is 21.2. The Hall–Kier alpha value is -2.67. The third-order valence-corrected chi connectivity index (χ3v) is 8.49. The molecule has 1 saturated carbocycles. The molecular formula is C25H27FN2O3S. The van der Waals surface area contributed by atoms with Crippen LogP contribution in [0.2, 0.25) is 0 Å². The number of carbonyl (C=O) groups excluding carboxylic acids is 1.